The summed E-state index contributed by atoms with van der Waals surface area (Å²) in [5.74, 6) is -4.19. The number of cyclic esters (lactones) is 1. The number of esters is 1. The largest absolute Gasteiger partial charge is 0.497 e. The van der Waals surface area contributed by atoms with Gasteiger partial charge in [0.25, 0.3) is 0 Å². The number of halogens is 3. The van der Waals surface area contributed by atoms with Gasteiger partial charge in [0.2, 0.25) is 0 Å². The Labute approximate surface area is 117 Å². The summed E-state index contributed by atoms with van der Waals surface area (Å²) in [5, 5.41) is 2.95. The first-order chi connectivity index (χ1) is 8.92. The SMILES string of the molecule is COc1ccc(Br)c(NCC2CC(F)(F)C(=O)O2)c1. The van der Waals surface area contributed by atoms with Crippen LogP contribution in [0, 0.1) is 0 Å². The fourth-order valence-corrected chi connectivity index (χ4v) is 2.14. The van der Waals surface area contributed by atoms with Gasteiger partial charge in [0.1, 0.15) is 11.9 Å². The standard InChI is InChI=1S/C12H12BrF2NO3/c1-18-7-2-3-9(13)10(4-7)16-6-8-5-12(14,15)11(17)19-8/h2-4,8,16H,5-6H2,1H3. The van der Waals surface area contributed by atoms with Crippen LogP contribution in [0.3, 0.4) is 0 Å². The summed E-state index contributed by atoms with van der Waals surface area (Å²) in [7, 11) is 1.53. The number of carbonyl (C=O) groups is 1. The first kappa shape index (κ1) is 14.0. The second kappa shape index (κ2) is 5.32. The summed E-state index contributed by atoms with van der Waals surface area (Å²) >= 11 is 3.33. The molecule has 0 spiro atoms. The Morgan fingerprint density at radius 2 is 2.32 bits per heavy atom. The van der Waals surface area contributed by atoms with Crippen LogP contribution in [0.15, 0.2) is 22.7 Å². The fraction of sp³-hybridized carbons (Fsp3) is 0.417. The highest BCUT2D eigenvalue weighted by molar-refractivity contribution is 9.10. The highest BCUT2D eigenvalue weighted by Gasteiger charge is 2.50. The van der Waals surface area contributed by atoms with E-state index in [1.54, 1.807) is 18.2 Å². The number of methoxy groups -OCH3 is 1. The maximum atomic E-state index is 13.0. The average molecular weight is 336 g/mol. The van der Waals surface area contributed by atoms with Gasteiger partial charge in [-0.15, -0.1) is 0 Å². The van der Waals surface area contributed by atoms with Crippen molar-refractivity contribution >= 4 is 27.6 Å². The van der Waals surface area contributed by atoms with Crippen molar-refractivity contribution in [1.82, 2.24) is 0 Å². The third-order valence-electron chi connectivity index (χ3n) is 2.75. The minimum atomic E-state index is -3.38. The van der Waals surface area contributed by atoms with Gasteiger partial charge in [-0.05, 0) is 28.1 Å². The van der Waals surface area contributed by atoms with E-state index < -0.39 is 24.4 Å². The lowest BCUT2D eigenvalue weighted by Crippen LogP contribution is -2.22. The lowest BCUT2D eigenvalue weighted by Gasteiger charge is -2.13. The Morgan fingerprint density at radius 1 is 1.58 bits per heavy atom. The number of carbonyl (C=O) groups excluding carboxylic acids is 1. The van der Waals surface area contributed by atoms with Gasteiger partial charge in [-0.1, -0.05) is 0 Å². The van der Waals surface area contributed by atoms with Crippen LogP contribution in [0.4, 0.5) is 14.5 Å². The van der Waals surface area contributed by atoms with E-state index in [-0.39, 0.29) is 6.54 Å². The van der Waals surface area contributed by atoms with Crippen molar-refractivity contribution in [3.8, 4) is 5.75 Å². The van der Waals surface area contributed by atoms with Crippen LogP contribution in [0.25, 0.3) is 0 Å². The monoisotopic (exact) mass is 335 g/mol. The smallest absolute Gasteiger partial charge is 0.377 e. The molecule has 104 valence electrons. The molecule has 1 aromatic carbocycles. The maximum Gasteiger partial charge on any atom is 0.377 e. The van der Waals surface area contributed by atoms with Crippen LogP contribution in [0.2, 0.25) is 0 Å². The molecule has 0 bridgehead atoms. The predicted molar refractivity (Wildman–Crippen MR) is 68.6 cm³/mol. The molecule has 7 heteroatoms. The molecule has 1 N–H and O–H groups in total. The van der Waals surface area contributed by atoms with E-state index in [0.29, 0.717) is 11.4 Å². The van der Waals surface area contributed by atoms with E-state index in [9.17, 15) is 13.6 Å². The summed E-state index contributed by atoms with van der Waals surface area (Å²) in [5.41, 5.74) is 0.686. The van der Waals surface area contributed by atoms with Gasteiger partial charge in [0, 0.05) is 10.5 Å². The summed E-state index contributed by atoms with van der Waals surface area (Å²) in [4.78, 5) is 10.9. The van der Waals surface area contributed by atoms with Crippen LogP contribution >= 0.6 is 15.9 Å². The van der Waals surface area contributed by atoms with Crippen molar-refractivity contribution in [1.29, 1.82) is 0 Å². The fourth-order valence-electron chi connectivity index (χ4n) is 1.75. The third kappa shape index (κ3) is 3.15. The lowest BCUT2D eigenvalue weighted by atomic mass is 10.2. The summed E-state index contributed by atoms with van der Waals surface area (Å²) < 4.78 is 36.4. The zero-order valence-electron chi connectivity index (χ0n) is 10.1. The zero-order chi connectivity index (χ0) is 14.0. The number of alkyl halides is 2. The van der Waals surface area contributed by atoms with Crippen LogP contribution in [-0.2, 0) is 9.53 Å². The molecular weight excluding hydrogens is 324 g/mol. The Hall–Kier alpha value is -1.37. The average Bonchev–Trinajstić information content (AvgIpc) is 2.62. The first-order valence-corrected chi connectivity index (χ1v) is 6.38. The Kier molecular flexibility index (Phi) is 3.93. The van der Waals surface area contributed by atoms with E-state index in [1.165, 1.54) is 7.11 Å². The molecule has 2 rings (SSSR count). The van der Waals surface area contributed by atoms with Crippen LogP contribution in [0.5, 0.6) is 5.75 Å². The van der Waals surface area contributed by atoms with Crippen molar-refractivity contribution in [2.24, 2.45) is 0 Å². The minimum Gasteiger partial charge on any atom is -0.497 e. The number of benzene rings is 1. The van der Waals surface area contributed by atoms with Crippen molar-refractivity contribution in [2.75, 3.05) is 19.0 Å². The predicted octanol–water partition coefficient (Wildman–Crippen LogP) is 2.82. The van der Waals surface area contributed by atoms with Crippen LogP contribution < -0.4 is 10.1 Å². The zero-order valence-corrected chi connectivity index (χ0v) is 11.7. The molecule has 1 fully saturated rings. The number of hydrogen-bond acceptors (Lipinski definition) is 4. The maximum absolute atomic E-state index is 13.0. The molecule has 4 nitrogen and oxygen atoms in total. The van der Waals surface area contributed by atoms with Crippen molar-refractivity contribution in [3.05, 3.63) is 22.7 Å². The van der Waals surface area contributed by atoms with Gasteiger partial charge >= 0.3 is 11.9 Å². The van der Waals surface area contributed by atoms with Gasteiger partial charge in [-0.2, -0.15) is 8.78 Å². The van der Waals surface area contributed by atoms with Crippen LogP contribution in [-0.4, -0.2) is 31.7 Å². The lowest BCUT2D eigenvalue weighted by molar-refractivity contribution is -0.158. The molecule has 0 radical (unpaired) electrons. The van der Waals surface area contributed by atoms with Gasteiger partial charge in [0.15, 0.2) is 0 Å². The second-order valence-electron chi connectivity index (χ2n) is 4.16. The minimum absolute atomic E-state index is 0.118. The highest BCUT2D eigenvalue weighted by Crippen LogP contribution is 2.32. The summed E-state index contributed by atoms with van der Waals surface area (Å²) in [6, 6.07) is 5.26. The molecule has 19 heavy (non-hydrogen) atoms. The summed E-state index contributed by atoms with van der Waals surface area (Å²) in [6.07, 6.45) is -1.43. The quantitative estimate of drug-likeness (QED) is 0.859. The molecule has 0 saturated carbocycles. The van der Waals surface area contributed by atoms with E-state index >= 15 is 0 Å². The van der Waals surface area contributed by atoms with E-state index in [0.717, 1.165) is 4.47 Å². The number of nitrogens with one attached hydrogen (secondary N) is 1. The van der Waals surface area contributed by atoms with Gasteiger partial charge < -0.3 is 14.8 Å². The Balaban J connectivity index is 1.98. The van der Waals surface area contributed by atoms with E-state index in [2.05, 4.69) is 26.0 Å². The van der Waals surface area contributed by atoms with E-state index in [1.807, 2.05) is 0 Å². The molecule has 0 aliphatic carbocycles. The topological polar surface area (TPSA) is 47.6 Å². The Bertz CT molecular complexity index is 496. The van der Waals surface area contributed by atoms with Crippen molar-refractivity contribution < 1.29 is 23.0 Å². The molecule has 1 unspecified atom stereocenters. The molecular formula is C12H12BrF2NO3. The third-order valence-corrected chi connectivity index (χ3v) is 3.44. The first-order valence-electron chi connectivity index (χ1n) is 5.58. The van der Waals surface area contributed by atoms with Gasteiger partial charge in [0.05, 0.1) is 25.8 Å². The van der Waals surface area contributed by atoms with E-state index in [4.69, 9.17) is 4.74 Å². The molecule has 0 aromatic heterocycles. The molecule has 1 aliphatic rings. The highest BCUT2D eigenvalue weighted by atomic mass is 79.9. The number of rotatable bonds is 4. The van der Waals surface area contributed by atoms with Crippen molar-refractivity contribution in [3.63, 3.8) is 0 Å². The molecule has 1 aliphatic heterocycles. The van der Waals surface area contributed by atoms with Crippen molar-refractivity contribution in [2.45, 2.75) is 18.4 Å². The molecule has 0 amide bonds. The van der Waals surface area contributed by atoms with Gasteiger partial charge in [-0.25, -0.2) is 4.79 Å². The molecule has 1 atom stereocenters. The molecule has 1 heterocycles. The Morgan fingerprint density at radius 3 is 2.89 bits per heavy atom. The molecule has 1 saturated heterocycles. The number of hydrogen-bond donors (Lipinski definition) is 1. The summed E-state index contributed by atoms with van der Waals surface area (Å²) in [6.45, 7) is 0.118. The number of ether oxygens (including phenoxy) is 2. The number of anilines is 1. The normalized spacial score (nSPS) is 21.1. The molecule has 1 aromatic rings. The van der Waals surface area contributed by atoms with Crippen LogP contribution in [0.1, 0.15) is 6.42 Å². The van der Waals surface area contributed by atoms with Gasteiger partial charge in [-0.3, -0.25) is 0 Å². The second-order valence-corrected chi connectivity index (χ2v) is 5.02.